The van der Waals surface area contributed by atoms with Gasteiger partial charge in [-0.25, -0.2) is 0 Å². The fourth-order valence-corrected chi connectivity index (χ4v) is 3.48. The molecule has 0 radical (unpaired) electrons. The van der Waals surface area contributed by atoms with Crippen LogP contribution in [0.1, 0.15) is 25.7 Å². The summed E-state index contributed by atoms with van der Waals surface area (Å²) in [6, 6.07) is 0. The van der Waals surface area contributed by atoms with E-state index in [2.05, 4.69) is 15.9 Å². The second kappa shape index (κ2) is 1.88. The number of alkyl halides is 2. The molecule has 0 aromatic rings. The molecule has 2 fully saturated rings. The smallest absolute Gasteiger partial charge is 0.0574 e. The average Bonchev–Trinajstić information content (AvgIpc) is 2.22. The third kappa shape index (κ3) is 0.848. The summed E-state index contributed by atoms with van der Waals surface area (Å²) >= 11 is 9.92. The summed E-state index contributed by atoms with van der Waals surface area (Å²) in [4.78, 5) is 0.760. The standard InChI is InChI=1S/C7H10BrCl/c8-6-3-5-1-2-7(6,9)4-5/h5-6H,1-4H2. The molecule has 0 aliphatic heterocycles. The van der Waals surface area contributed by atoms with Gasteiger partial charge in [0.1, 0.15) is 0 Å². The zero-order valence-corrected chi connectivity index (χ0v) is 7.58. The van der Waals surface area contributed by atoms with Gasteiger partial charge >= 0.3 is 0 Å². The summed E-state index contributed by atoms with van der Waals surface area (Å²) in [5.74, 6) is 0.937. The Hall–Kier alpha value is 0.770. The monoisotopic (exact) mass is 208 g/mol. The second-order valence-corrected chi connectivity index (χ2v) is 5.20. The van der Waals surface area contributed by atoms with Crippen molar-refractivity contribution in [2.45, 2.75) is 35.4 Å². The van der Waals surface area contributed by atoms with Gasteiger partial charge < -0.3 is 0 Å². The van der Waals surface area contributed by atoms with Gasteiger partial charge in [0, 0.05) is 4.83 Å². The molecular weight excluding hydrogens is 199 g/mol. The normalized spacial score (nSPS) is 56.7. The van der Waals surface area contributed by atoms with Crippen LogP contribution >= 0.6 is 27.5 Å². The first-order valence-corrected chi connectivity index (χ1v) is 4.83. The average molecular weight is 210 g/mol. The number of hydrogen-bond acceptors (Lipinski definition) is 0. The lowest BCUT2D eigenvalue weighted by Gasteiger charge is -2.23. The molecule has 2 aliphatic rings. The fraction of sp³-hybridized carbons (Fsp3) is 1.00. The van der Waals surface area contributed by atoms with Crippen molar-refractivity contribution in [3.63, 3.8) is 0 Å². The van der Waals surface area contributed by atoms with Gasteiger partial charge in [0.25, 0.3) is 0 Å². The maximum Gasteiger partial charge on any atom is 0.0574 e. The van der Waals surface area contributed by atoms with Crippen LogP contribution < -0.4 is 0 Å². The molecule has 0 spiro atoms. The van der Waals surface area contributed by atoms with E-state index in [1.54, 1.807) is 0 Å². The topological polar surface area (TPSA) is 0 Å². The summed E-state index contributed by atoms with van der Waals surface area (Å²) in [6.07, 6.45) is 5.16. The van der Waals surface area contributed by atoms with Crippen molar-refractivity contribution in [3.05, 3.63) is 0 Å². The van der Waals surface area contributed by atoms with Gasteiger partial charge in [-0.3, -0.25) is 0 Å². The van der Waals surface area contributed by atoms with Crippen molar-refractivity contribution in [1.29, 1.82) is 0 Å². The Morgan fingerprint density at radius 2 is 2.33 bits per heavy atom. The Bertz CT molecular complexity index is 137. The molecule has 9 heavy (non-hydrogen) atoms. The second-order valence-electron chi connectivity index (χ2n) is 3.35. The zero-order valence-electron chi connectivity index (χ0n) is 5.24. The van der Waals surface area contributed by atoms with E-state index in [4.69, 9.17) is 11.6 Å². The summed E-state index contributed by atoms with van der Waals surface area (Å²) in [5, 5.41) is 0. The minimum absolute atomic E-state index is 0.157. The third-order valence-corrected chi connectivity index (χ3v) is 4.82. The predicted octanol–water partition coefficient (Wildman–Crippen LogP) is 2.93. The molecule has 0 amide bonds. The highest BCUT2D eigenvalue weighted by molar-refractivity contribution is 9.09. The van der Waals surface area contributed by atoms with Crippen LogP contribution in [0.25, 0.3) is 0 Å². The molecule has 2 bridgehead atoms. The van der Waals surface area contributed by atoms with Crippen molar-refractivity contribution in [1.82, 2.24) is 0 Å². The number of rotatable bonds is 0. The molecule has 52 valence electrons. The van der Waals surface area contributed by atoms with Crippen LogP contribution in [0, 0.1) is 5.92 Å². The molecule has 0 aromatic heterocycles. The van der Waals surface area contributed by atoms with E-state index in [0.29, 0.717) is 4.83 Å². The largest absolute Gasteiger partial charge is 0.118 e. The first-order valence-electron chi connectivity index (χ1n) is 3.54. The molecule has 2 rings (SSSR count). The van der Waals surface area contributed by atoms with E-state index in [-0.39, 0.29) is 4.87 Å². The molecule has 0 saturated heterocycles. The van der Waals surface area contributed by atoms with Crippen molar-refractivity contribution >= 4 is 27.5 Å². The SMILES string of the molecule is ClC12CCC(CC1Br)C2. The molecule has 0 aromatic carbocycles. The Labute approximate surface area is 69.1 Å². The Kier molecular flexibility index (Phi) is 1.36. The third-order valence-electron chi connectivity index (χ3n) is 2.70. The number of hydrogen-bond donors (Lipinski definition) is 0. The van der Waals surface area contributed by atoms with Gasteiger partial charge in [-0.05, 0) is 31.6 Å². The van der Waals surface area contributed by atoms with Crippen LogP contribution in [0.3, 0.4) is 0 Å². The van der Waals surface area contributed by atoms with Gasteiger partial charge in [0.2, 0.25) is 0 Å². The molecule has 0 heterocycles. The molecule has 2 saturated carbocycles. The van der Waals surface area contributed by atoms with Gasteiger partial charge in [0.05, 0.1) is 4.87 Å². The van der Waals surface area contributed by atoms with Gasteiger partial charge in [-0.2, -0.15) is 0 Å². The number of fused-ring (bicyclic) bond motifs is 2. The maximum absolute atomic E-state index is 6.30. The summed E-state index contributed by atoms with van der Waals surface area (Å²) in [5.41, 5.74) is 0. The molecule has 3 unspecified atom stereocenters. The van der Waals surface area contributed by atoms with E-state index in [0.717, 1.165) is 5.92 Å². The van der Waals surface area contributed by atoms with Gasteiger partial charge in [-0.1, -0.05) is 15.9 Å². The van der Waals surface area contributed by atoms with E-state index in [9.17, 15) is 0 Å². The van der Waals surface area contributed by atoms with E-state index < -0.39 is 0 Å². The first kappa shape index (κ1) is 6.48. The predicted molar refractivity (Wildman–Crippen MR) is 43.3 cm³/mol. The lowest BCUT2D eigenvalue weighted by atomic mass is 10.0. The zero-order chi connectivity index (χ0) is 6.48. The summed E-state index contributed by atoms with van der Waals surface area (Å²) < 4.78 is 0. The Morgan fingerprint density at radius 1 is 1.56 bits per heavy atom. The molecule has 3 atom stereocenters. The van der Waals surface area contributed by atoms with Crippen LogP contribution in [-0.4, -0.2) is 9.70 Å². The van der Waals surface area contributed by atoms with E-state index in [1.807, 2.05) is 0 Å². The fourth-order valence-electron chi connectivity index (χ4n) is 2.12. The summed E-state index contributed by atoms with van der Waals surface area (Å²) in [6.45, 7) is 0. The Balaban J connectivity index is 2.22. The van der Waals surface area contributed by atoms with E-state index >= 15 is 0 Å². The quantitative estimate of drug-likeness (QED) is 0.538. The highest BCUT2D eigenvalue weighted by Crippen LogP contribution is 2.54. The first-order chi connectivity index (χ1) is 4.21. The molecule has 2 heteroatoms. The minimum Gasteiger partial charge on any atom is -0.118 e. The Morgan fingerprint density at radius 3 is 2.56 bits per heavy atom. The van der Waals surface area contributed by atoms with Crippen LogP contribution in [0.4, 0.5) is 0 Å². The maximum atomic E-state index is 6.30. The summed E-state index contributed by atoms with van der Waals surface area (Å²) in [7, 11) is 0. The van der Waals surface area contributed by atoms with E-state index in [1.165, 1.54) is 25.7 Å². The van der Waals surface area contributed by atoms with Gasteiger partial charge in [-0.15, -0.1) is 11.6 Å². The van der Waals surface area contributed by atoms with Crippen molar-refractivity contribution in [2.24, 2.45) is 5.92 Å². The molecule has 0 N–H and O–H groups in total. The highest BCUT2D eigenvalue weighted by Gasteiger charge is 2.49. The lowest BCUT2D eigenvalue weighted by molar-refractivity contribution is 0.511. The lowest BCUT2D eigenvalue weighted by Crippen LogP contribution is -2.25. The van der Waals surface area contributed by atoms with Gasteiger partial charge in [0.15, 0.2) is 0 Å². The minimum atomic E-state index is 0.157. The van der Waals surface area contributed by atoms with Crippen molar-refractivity contribution in [3.8, 4) is 0 Å². The molecule has 2 aliphatic carbocycles. The molecule has 0 nitrogen and oxygen atoms in total. The molecular formula is C7H10BrCl. The van der Waals surface area contributed by atoms with Crippen LogP contribution in [-0.2, 0) is 0 Å². The van der Waals surface area contributed by atoms with Crippen LogP contribution in [0.15, 0.2) is 0 Å². The van der Waals surface area contributed by atoms with Crippen molar-refractivity contribution < 1.29 is 0 Å². The van der Waals surface area contributed by atoms with Crippen molar-refractivity contribution in [2.75, 3.05) is 0 Å². The highest BCUT2D eigenvalue weighted by atomic mass is 79.9. The number of halogens is 2. The van der Waals surface area contributed by atoms with Crippen LogP contribution in [0.2, 0.25) is 0 Å². The van der Waals surface area contributed by atoms with Crippen LogP contribution in [0.5, 0.6) is 0 Å².